The van der Waals surface area contributed by atoms with Crippen LogP contribution >= 0.6 is 0 Å². The number of hydrogen-bond donors (Lipinski definition) is 0. The Morgan fingerprint density at radius 2 is 2.00 bits per heavy atom. The lowest BCUT2D eigenvalue weighted by atomic mass is 10.2. The molecule has 1 aromatic rings. The Morgan fingerprint density at radius 3 is 2.53 bits per heavy atom. The van der Waals surface area contributed by atoms with Crippen molar-refractivity contribution in [1.29, 1.82) is 0 Å². The quantitative estimate of drug-likeness (QED) is 0.304. The van der Waals surface area contributed by atoms with Gasteiger partial charge in [0.05, 0.1) is 11.5 Å². The third-order valence-electron chi connectivity index (χ3n) is 1.62. The molecule has 0 amide bonds. The van der Waals surface area contributed by atoms with Crippen LogP contribution in [0.5, 0.6) is 0 Å². The van der Waals surface area contributed by atoms with Crippen molar-refractivity contribution < 1.29 is 19.2 Å². The minimum absolute atomic E-state index is 0.0243. The molecule has 6 nitrogen and oxygen atoms in total. The third kappa shape index (κ3) is 3.74. The number of non-ortho nitro benzene ring substituents is 1. The van der Waals surface area contributed by atoms with Gasteiger partial charge in [-0.25, -0.2) is 4.79 Å². The van der Waals surface area contributed by atoms with Gasteiger partial charge in [-0.15, -0.1) is 0 Å². The molecule has 0 aliphatic rings. The summed E-state index contributed by atoms with van der Waals surface area (Å²) in [6.07, 6.45) is 0. The lowest BCUT2D eigenvalue weighted by Crippen LogP contribution is -1.98. The monoisotopic (exact) mass is 210 g/mol. The van der Waals surface area contributed by atoms with Crippen LogP contribution in [0.15, 0.2) is 24.3 Å². The van der Waals surface area contributed by atoms with Gasteiger partial charge in [0.2, 0.25) is 0 Å². The van der Waals surface area contributed by atoms with E-state index in [0.29, 0.717) is 0 Å². The van der Waals surface area contributed by atoms with Crippen LogP contribution in [-0.2, 0) is 20.9 Å². The van der Waals surface area contributed by atoms with Crippen molar-refractivity contribution in [2.24, 2.45) is 0 Å². The second kappa shape index (κ2) is 5.71. The second-order valence-electron chi connectivity index (χ2n) is 2.62. The van der Waals surface area contributed by atoms with Crippen molar-refractivity contribution in [3.8, 4) is 0 Å². The first kappa shape index (κ1) is 11.1. The Balaban J connectivity index is 2.42. The first-order chi connectivity index (χ1) is 7.24. The summed E-state index contributed by atoms with van der Waals surface area (Å²) in [5, 5.41) is 10.3. The zero-order valence-electron chi connectivity index (χ0n) is 7.71. The van der Waals surface area contributed by atoms with Gasteiger partial charge in [0.1, 0.15) is 0 Å². The zero-order valence-corrected chi connectivity index (χ0v) is 7.71. The van der Waals surface area contributed by atoms with E-state index < -0.39 is 4.92 Å². The maximum atomic E-state index is 10.3. The van der Waals surface area contributed by atoms with Gasteiger partial charge in [-0.2, -0.15) is 0 Å². The Kier molecular flexibility index (Phi) is 4.24. The van der Waals surface area contributed by atoms with Crippen LogP contribution in [0.1, 0.15) is 5.56 Å². The molecule has 15 heavy (non-hydrogen) atoms. The molecular weight excluding hydrogens is 202 g/mol. The molecule has 0 unspecified atom stereocenters. The average molecular weight is 210 g/mol. The third-order valence-corrected chi connectivity index (χ3v) is 1.62. The van der Waals surface area contributed by atoms with Crippen LogP contribution in [0.4, 0.5) is 5.69 Å². The van der Waals surface area contributed by atoms with Crippen LogP contribution in [0.3, 0.4) is 0 Å². The fraction of sp³-hybridized carbons (Fsp3) is 0.222. The molecule has 0 bridgehead atoms. The van der Waals surface area contributed by atoms with E-state index in [0.717, 1.165) is 5.56 Å². The predicted octanol–water partition coefficient (Wildman–Crippen LogP) is 1.15. The van der Waals surface area contributed by atoms with E-state index in [9.17, 15) is 14.9 Å². The highest BCUT2D eigenvalue weighted by Gasteiger charge is 2.03. The molecule has 0 saturated carbocycles. The van der Waals surface area contributed by atoms with Crippen LogP contribution in [-0.4, -0.2) is 18.2 Å². The maximum Gasteiger partial charge on any atom is 0.419 e. The van der Waals surface area contributed by atoms with E-state index in [1.165, 1.54) is 18.6 Å². The molecule has 1 radical (unpaired) electrons. The lowest BCUT2D eigenvalue weighted by molar-refractivity contribution is -0.384. The van der Waals surface area contributed by atoms with Crippen molar-refractivity contribution in [1.82, 2.24) is 0 Å². The SMILES string of the molecule is O=[C]OCOCc1ccc([N+](=O)[O-])cc1. The van der Waals surface area contributed by atoms with Crippen LogP contribution in [0.2, 0.25) is 0 Å². The highest BCUT2D eigenvalue weighted by atomic mass is 16.7. The van der Waals surface area contributed by atoms with Crippen LogP contribution in [0.25, 0.3) is 0 Å². The Bertz CT molecular complexity index is 335. The van der Waals surface area contributed by atoms with Gasteiger partial charge in [0.15, 0.2) is 6.79 Å². The number of carbonyl (C=O) groups excluding carboxylic acids is 1. The second-order valence-corrected chi connectivity index (χ2v) is 2.62. The fourth-order valence-corrected chi connectivity index (χ4v) is 0.939. The number of nitro benzene ring substituents is 1. The normalized spacial score (nSPS) is 9.60. The van der Waals surface area contributed by atoms with E-state index in [-0.39, 0.29) is 19.1 Å². The topological polar surface area (TPSA) is 78.7 Å². The van der Waals surface area contributed by atoms with Gasteiger partial charge >= 0.3 is 6.47 Å². The van der Waals surface area contributed by atoms with Gasteiger partial charge in [0.25, 0.3) is 5.69 Å². The standard InChI is InChI=1S/C9H8NO5/c11-6-15-7-14-5-8-1-3-9(4-2-8)10(12)13/h1-4H,5,7H2. The van der Waals surface area contributed by atoms with Crippen LogP contribution in [0, 0.1) is 10.1 Å². The fourth-order valence-electron chi connectivity index (χ4n) is 0.939. The van der Waals surface area contributed by atoms with Gasteiger partial charge < -0.3 is 9.47 Å². The van der Waals surface area contributed by atoms with E-state index in [4.69, 9.17) is 4.74 Å². The number of benzene rings is 1. The summed E-state index contributed by atoms with van der Waals surface area (Å²) >= 11 is 0. The molecule has 0 N–H and O–H groups in total. The van der Waals surface area contributed by atoms with Gasteiger partial charge in [-0.1, -0.05) is 0 Å². The van der Waals surface area contributed by atoms with Crippen molar-refractivity contribution >= 4 is 12.2 Å². The van der Waals surface area contributed by atoms with Crippen LogP contribution < -0.4 is 0 Å². The van der Waals surface area contributed by atoms with Crippen molar-refractivity contribution in [2.45, 2.75) is 6.61 Å². The van der Waals surface area contributed by atoms with Gasteiger partial charge in [-0.3, -0.25) is 10.1 Å². The summed E-state index contributed by atoms with van der Waals surface area (Å²) in [6, 6.07) is 5.91. The van der Waals surface area contributed by atoms with Gasteiger partial charge in [0, 0.05) is 12.1 Å². The van der Waals surface area contributed by atoms with Crippen molar-refractivity contribution in [3.05, 3.63) is 39.9 Å². The molecule has 1 aromatic carbocycles. The first-order valence-corrected chi connectivity index (χ1v) is 4.04. The molecule has 0 spiro atoms. The largest absolute Gasteiger partial charge is 0.430 e. The number of hydrogen-bond acceptors (Lipinski definition) is 5. The summed E-state index contributed by atoms with van der Waals surface area (Å²) in [4.78, 5) is 19.5. The van der Waals surface area contributed by atoms with E-state index in [1.54, 1.807) is 12.1 Å². The minimum atomic E-state index is -0.477. The molecule has 0 aliphatic carbocycles. The van der Waals surface area contributed by atoms with Crippen molar-refractivity contribution in [3.63, 3.8) is 0 Å². The Labute approximate surface area is 85.6 Å². The van der Waals surface area contributed by atoms with Crippen molar-refractivity contribution in [2.75, 3.05) is 6.79 Å². The maximum absolute atomic E-state index is 10.3. The number of nitrogens with zero attached hydrogens (tertiary/aromatic N) is 1. The average Bonchev–Trinajstić information content (AvgIpc) is 2.25. The number of rotatable bonds is 6. The first-order valence-electron chi connectivity index (χ1n) is 4.04. The highest BCUT2D eigenvalue weighted by molar-refractivity contribution is 5.37. The molecule has 79 valence electrons. The predicted molar refractivity (Wildman–Crippen MR) is 49.5 cm³/mol. The Hall–Kier alpha value is -1.95. The molecule has 0 aromatic heterocycles. The smallest absolute Gasteiger partial charge is 0.419 e. The zero-order chi connectivity index (χ0) is 11.1. The molecular formula is C9H8NO5. The molecule has 0 atom stereocenters. The molecule has 6 heteroatoms. The summed E-state index contributed by atoms with van der Waals surface area (Å²) in [5.74, 6) is 0. The molecule has 0 heterocycles. The number of ether oxygens (including phenoxy) is 2. The lowest BCUT2D eigenvalue weighted by Gasteiger charge is -2.01. The Morgan fingerprint density at radius 1 is 1.33 bits per heavy atom. The van der Waals surface area contributed by atoms with E-state index >= 15 is 0 Å². The molecule has 1 rings (SSSR count). The summed E-state index contributed by atoms with van der Waals surface area (Å²) in [7, 11) is 0. The van der Waals surface area contributed by atoms with E-state index in [1.807, 2.05) is 0 Å². The molecule has 0 saturated heterocycles. The molecule has 0 fully saturated rings. The number of nitro groups is 1. The summed E-state index contributed by atoms with van der Waals surface area (Å²) in [6.45, 7) is 1.26. The molecule has 0 aliphatic heterocycles. The summed E-state index contributed by atoms with van der Waals surface area (Å²) in [5.41, 5.74) is 0.784. The summed E-state index contributed by atoms with van der Waals surface area (Å²) < 4.78 is 9.09. The highest BCUT2D eigenvalue weighted by Crippen LogP contribution is 2.12. The van der Waals surface area contributed by atoms with E-state index in [2.05, 4.69) is 4.74 Å². The minimum Gasteiger partial charge on any atom is -0.430 e. The van der Waals surface area contributed by atoms with Gasteiger partial charge in [-0.05, 0) is 17.7 Å².